The zero-order chi connectivity index (χ0) is 20.7. The molecule has 0 aromatic heterocycles. The number of nitrogens with zero attached hydrogens (tertiary/aromatic N) is 1. The molecule has 5 aliphatic rings. The van der Waals surface area contributed by atoms with Gasteiger partial charge in [-0.15, -0.1) is 0 Å². The first-order valence-corrected chi connectivity index (χ1v) is 11.9. The van der Waals surface area contributed by atoms with Crippen LogP contribution < -0.4 is 10.6 Å². The van der Waals surface area contributed by atoms with E-state index in [0.29, 0.717) is 10.7 Å². The number of benzene rings is 1. The molecule has 0 atom stereocenters. The minimum atomic E-state index is -0.216. The molecular formula is C24H31N3O2S. The first-order chi connectivity index (χ1) is 14.5. The average molecular weight is 426 g/mol. The molecule has 5 nitrogen and oxygen atoms in total. The van der Waals surface area contributed by atoms with Gasteiger partial charge in [0.15, 0.2) is 5.11 Å². The van der Waals surface area contributed by atoms with Gasteiger partial charge in [-0.3, -0.25) is 9.59 Å². The molecule has 4 aliphatic carbocycles. The Hall–Kier alpha value is -1.95. The lowest BCUT2D eigenvalue weighted by atomic mass is 9.49. The van der Waals surface area contributed by atoms with Gasteiger partial charge in [-0.2, -0.15) is 0 Å². The Morgan fingerprint density at radius 3 is 2.23 bits per heavy atom. The summed E-state index contributed by atoms with van der Waals surface area (Å²) >= 11 is 5.46. The van der Waals surface area contributed by atoms with E-state index in [0.717, 1.165) is 68.6 Å². The average Bonchev–Trinajstić information content (AvgIpc) is 2.73. The molecule has 1 aliphatic heterocycles. The van der Waals surface area contributed by atoms with Crippen LogP contribution in [0.1, 0.15) is 68.1 Å². The Morgan fingerprint density at radius 2 is 1.60 bits per heavy atom. The lowest BCUT2D eigenvalue weighted by Gasteiger charge is -2.55. The highest BCUT2D eigenvalue weighted by Crippen LogP contribution is 2.60. The number of anilines is 1. The molecule has 0 unspecified atom stereocenters. The van der Waals surface area contributed by atoms with Crippen LogP contribution in [0, 0.1) is 23.2 Å². The monoisotopic (exact) mass is 425 g/mol. The molecule has 1 saturated heterocycles. The Balaban J connectivity index is 1.22. The number of nitrogens with one attached hydrogen (secondary N) is 2. The highest BCUT2D eigenvalue weighted by Gasteiger charge is 2.54. The smallest absolute Gasteiger partial charge is 0.253 e. The van der Waals surface area contributed by atoms with Crippen LogP contribution in [0.3, 0.4) is 0 Å². The standard InChI is InChI=1S/C24H31N3O2S/c28-21(27-7-2-1-3-8-27)19-5-4-6-20(12-19)25-23(30)26-22(29)24-13-16-9-17(14-24)11-18(10-16)15-24/h4-6,12,16-18H,1-3,7-11,13-15H2,(H2,25,26,29,30). The molecule has 0 radical (unpaired) electrons. The third-order valence-electron chi connectivity index (χ3n) is 7.76. The topological polar surface area (TPSA) is 61.4 Å². The number of rotatable bonds is 3. The van der Waals surface area contributed by atoms with Gasteiger partial charge in [0.1, 0.15) is 0 Å². The fourth-order valence-electron chi connectivity index (χ4n) is 6.80. The molecule has 2 N–H and O–H groups in total. The van der Waals surface area contributed by atoms with Crippen LogP contribution in [0.5, 0.6) is 0 Å². The number of hydrogen-bond donors (Lipinski definition) is 2. The van der Waals surface area contributed by atoms with E-state index in [1.54, 1.807) is 0 Å². The van der Waals surface area contributed by atoms with E-state index in [2.05, 4.69) is 10.6 Å². The highest BCUT2D eigenvalue weighted by molar-refractivity contribution is 7.80. The van der Waals surface area contributed by atoms with E-state index in [-0.39, 0.29) is 17.2 Å². The summed E-state index contributed by atoms with van der Waals surface area (Å²) in [5.41, 5.74) is 1.19. The molecule has 1 aromatic rings. The summed E-state index contributed by atoms with van der Waals surface area (Å²) in [6.45, 7) is 1.66. The Morgan fingerprint density at radius 1 is 0.967 bits per heavy atom. The molecule has 6 heteroatoms. The zero-order valence-corrected chi connectivity index (χ0v) is 18.3. The molecule has 4 saturated carbocycles. The van der Waals surface area contributed by atoms with Gasteiger partial charge in [-0.25, -0.2) is 0 Å². The maximum Gasteiger partial charge on any atom is 0.253 e. The van der Waals surface area contributed by atoms with Crippen LogP contribution in [0.4, 0.5) is 5.69 Å². The fourth-order valence-corrected chi connectivity index (χ4v) is 7.01. The van der Waals surface area contributed by atoms with Crippen molar-refractivity contribution in [2.45, 2.75) is 57.8 Å². The van der Waals surface area contributed by atoms with Crippen molar-refractivity contribution in [3.05, 3.63) is 29.8 Å². The zero-order valence-electron chi connectivity index (χ0n) is 17.5. The summed E-state index contributed by atoms with van der Waals surface area (Å²) in [6, 6.07) is 7.43. The fraction of sp³-hybridized carbons (Fsp3) is 0.625. The van der Waals surface area contributed by atoms with E-state index in [4.69, 9.17) is 12.2 Å². The van der Waals surface area contributed by atoms with Crippen LogP contribution in [-0.4, -0.2) is 34.9 Å². The SMILES string of the molecule is O=C(c1cccc(NC(=S)NC(=O)C23CC4CC(CC(C4)C2)C3)c1)N1CCCCC1. The van der Waals surface area contributed by atoms with Crippen LogP contribution in [0.15, 0.2) is 24.3 Å². The first-order valence-electron chi connectivity index (χ1n) is 11.5. The quantitative estimate of drug-likeness (QED) is 0.707. The molecule has 30 heavy (non-hydrogen) atoms. The molecule has 1 aromatic carbocycles. The van der Waals surface area contributed by atoms with Crippen LogP contribution >= 0.6 is 12.2 Å². The summed E-state index contributed by atoms with van der Waals surface area (Å²) in [6.07, 6.45) is 10.3. The number of thiocarbonyl (C=S) groups is 1. The van der Waals surface area contributed by atoms with E-state index in [1.165, 1.54) is 25.7 Å². The van der Waals surface area contributed by atoms with Crippen LogP contribution in [-0.2, 0) is 4.79 Å². The highest BCUT2D eigenvalue weighted by atomic mass is 32.1. The molecule has 2 amide bonds. The first kappa shape index (κ1) is 20.0. The third kappa shape index (κ3) is 3.86. The summed E-state index contributed by atoms with van der Waals surface area (Å²) in [4.78, 5) is 27.9. The van der Waals surface area contributed by atoms with Crippen LogP contribution in [0.2, 0.25) is 0 Å². The maximum absolute atomic E-state index is 13.2. The van der Waals surface area contributed by atoms with Gasteiger partial charge in [0.05, 0.1) is 5.41 Å². The molecule has 1 heterocycles. The minimum absolute atomic E-state index is 0.0712. The van der Waals surface area contributed by atoms with Crippen molar-refractivity contribution in [3.8, 4) is 0 Å². The van der Waals surface area contributed by atoms with Gasteiger partial charge in [0, 0.05) is 24.3 Å². The van der Waals surface area contributed by atoms with Gasteiger partial charge in [-0.05, 0) is 106 Å². The lowest BCUT2D eigenvalue weighted by molar-refractivity contribution is -0.144. The molecule has 160 valence electrons. The summed E-state index contributed by atoms with van der Waals surface area (Å²) in [7, 11) is 0. The number of amides is 2. The van der Waals surface area contributed by atoms with Crippen LogP contribution in [0.25, 0.3) is 0 Å². The van der Waals surface area contributed by atoms with E-state index in [1.807, 2.05) is 29.2 Å². The number of hydrogen-bond acceptors (Lipinski definition) is 3. The van der Waals surface area contributed by atoms with E-state index in [9.17, 15) is 9.59 Å². The molecule has 6 rings (SSSR count). The largest absolute Gasteiger partial charge is 0.339 e. The molecule has 5 fully saturated rings. The minimum Gasteiger partial charge on any atom is -0.339 e. The van der Waals surface area contributed by atoms with Crippen molar-refractivity contribution >= 4 is 34.8 Å². The van der Waals surface area contributed by atoms with Gasteiger partial charge in [0.25, 0.3) is 5.91 Å². The lowest BCUT2D eigenvalue weighted by Crippen LogP contribution is -2.55. The predicted molar refractivity (Wildman–Crippen MR) is 121 cm³/mol. The normalized spacial score (nSPS) is 32.0. The van der Waals surface area contributed by atoms with E-state index < -0.39 is 0 Å². The second-order valence-electron chi connectivity index (χ2n) is 10.0. The summed E-state index contributed by atoms with van der Waals surface area (Å²) < 4.78 is 0. The van der Waals surface area contributed by atoms with Crippen molar-refractivity contribution in [2.75, 3.05) is 18.4 Å². The predicted octanol–water partition coefficient (Wildman–Crippen LogP) is 4.34. The molecular weight excluding hydrogens is 394 g/mol. The van der Waals surface area contributed by atoms with Crippen molar-refractivity contribution < 1.29 is 9.59 Å². The van der Waals surface area contributed by atoms with Gasteiger partial charge >= 0.3 is 0 Å². The maximum atomic E-state index is 13.2. The van der Waals surface area contributed by atoms with Crippen molar-refractivity contribution in [1.82, 2.24) is 10.2 Å². The number of carbonyl (C=O) groups excluding carboxylic acids is 2. The third-order valence-corrected chi connectivity index (χ3v) is 7.96. The number of likely N-dealkylation sites (tertiary alicyclic amines) is 1. The second kappa shape index (κ2) is 7.95. The Bertz CT molecular complexity index is 826. The molecule has 4 bridgehead atoms. The number of carbonyl (C=O) groups is 2. The van der Waals surface area contributed by atoms with Crippen molar-refractivity contribution in [2.24, 2.45) is 23.2 Å². The van der Waals surface area contributed by atoms with Gasteiger partial charge < -0.3 is 15.5 Å². The van der Waals surface area contributed by atoms with E-state index >= 15 is 0 Å². The second-order valence-corrected chi connectivity index (χ2v) is 10.4. The summed E-state index contributed by atoms with van der Waals surface area (Å²) in [5, 5.41) is 6.45. The van der Waals surface area contributed by atoms with Crippen molar-refractivity contribution in [3.63, 3.8) is 0 Å². The number of piperidine rings is 1. The summed E-state index contributed by atoms with van der Waals surface area (Å²) in [5.74, 6) is 2.34. The van der Waals surface area contributed by atoms with Crippen molar-refractivity contribution in [1.29, 1.82) is 0 Å². The Labute approximate surface area is 184 Å². The Kier molecular flexibility index (Phi) is 5.30. The van der Waals surface area contributed by atoms with Gasteiger partial charge in [0.2, 0.25) is 5.91 Å². The van der Waals surface area contributed by atoms with Gasteiger partial charge in [-0.1, -0.05) is 6.07 Å². The molecule has 0 spiro atoms.